The highest BCUT2D eigenvalue weighted by atomic mass is 32.2. The molecule has 146 valence electrons. The summed E-state index contributed by atoms with van der Waals surface area (Å²) >= 11 is 1.54. The van der Waals surface area contributed by atoms with E-state index in [9.17, 15) is 9.59 Å². The summed E-state index contributed by atoms with van der Waals surface area (Å²) in [6, 6.07) is -0.576. The fourth-order valence-electron chi connectivity index (χ4n) is 2.50. The number of hydrogen-bond donors (Lipinski definition) is 1. The van der Waals surface area contributed by atoms with Crippen LogP contribution in [0, 0.1) is 0 Å². The van der Waals surface area contributed by atoms with Crippen LogP contribution < -0.4 is 5.32 Å². The van der Waals surface area contributed by atoms with Gasteiger partial charge >= 0.3 is 0 Å². The Morgan fingerprint density at radius 3 is 2.58 bits per heavy atom. The maximum absolute atomic E-state index is 12.8. The van der Waals surface area contributed by atoms with Crippen LogP contribution in [0.5, 0.6) is 0 Å². The van der Waals surface area contributed by atoms with E-state index in [1.807, 2.05) is 34.6 Å². The molecule has 1 unspecified atom stereocenters. The van der Waals surface area contributed by atoms with Crippen molar-refractivity contribution in [1.82, 2.24) is 20.4 Å². The zero-order chi connectivity index (χ0) is 19.5. The van der Waals surface area contributed by atoms with Crippen LogP contribution in [0.3, 0.4) is 0 Å². The summed E-state index contributed by atoms with van der Waals surface area (Å²) < 4.78 is 10.7. The Kier molecular flexibility index (Phi) is 6.46. The van der Waals surface area contributed by atoms with E-state index in [2.05, 4.69) is 15.5 Å². The fourth-order valence-corrected chi connectivity index (χ4v) is 3.68. The van der Waals surface area contributed by atoms with E-state index in [-0.39, 0.29) is 35.1 Å². The Bertz CT molecular complexity index is 653. The van der Waals surface area contributed by atoms with Crippen molar-refractivity contribution in [2.45, 2.75) is 51.6 Å². The summed E-state index contributed by atoms with van der Waals surface area (Å²) in [6.45, 7) is 10.3. The van der Waals surface area contributed by atoms with Crippen molar-refractivity contribution in [2.24, 2.45) is 0 Å². The summed E-state index contributed by atoms with van der Waals surface area (Å²) in [7, 11) is 1.62. The molecule has 1 aliphatic heterocycles. The van der Waals surface area contributed by atoms with Crippen LogP contribution in [0.25, 0.3) is 0 Å². The Labute approximate surface area is 158 Å². The van der Waals surface area contributed by atoms with Crippen molar-refractivity contribution < 1.29 is 18.7 Å². The van der Waals surface area contributed by atoms with Crippen LogP contribution in [0.1, 0.15) is 51.2 Å². The van der Waals surface area contributed by atoms with Gasteiger partial charge in [-0.2, -0.15) is 0 Å². The van der Waals surface area contributed by atoms with Crippen molar-refractivity contribution in [3.63, 3.8) is 0 Å². The second-order valence-electron chi connectivity index (χ2n) is 8.08. The summed E-state index contributed by atoms with van der Waals surface area (Å²) in [6.07, 6.45) is 0. The monoisotopic (exact) mass is 384 g/mol. The first-order valence-corrected chi connectivity index (χ1v) is 9.70. The molecule has 1 amide bonds. The second-order valence-corrected chi connectivity index (χ2v) is 9.08. The van der Waals surface area contributed by atoms with E-state index in [1.54, 1.807) is 12.0 Å². The zero-order valence-corrected chi connectivity index (χ0v) is 17.1. The highest BCUT2D eigenvalue weighted by Crippen LogP contribution is 2.25. The molecule has 0 aliphatic carbocycles. The van der Waals surface area contributed by atoms with Gasteiger partial charge in [-0.1, -0.05) is 20.8 Å². The summed E-state index contributed by atoms with van der Waals surface area (Å²) in [5, 5.41) is 11.0. The minimum Gasteiger partial charge on any atom is -0.418 e. The van der Waals surface area contributed by atoms with E-state index in [1.165, 1.54) is 11.8 Å². The first kappa shape index (κ1) is 20.9. The van der Waals surface area contributed by atoms with Crippen molar-refractivity contribution in [3.8, 4) is 0 Å². The van der Waals surface area contributed by atoms with Gasteiger partial charge in [0.15, 0.2) is 0 Å². The predicted octanol–water partition coefficient (Wildman–Crippen LogP) is 1.47. The summed E-state index contributed by atoms with van der Waals surface area (Å²) in [4.78, 5) is 26.9. The Balaban J connectivity index is 2.03. The van der Waals surface area contributed by atoms with Gasteiger partial charge in [-0.3, -0.25) is 9.59 Å². The lowest BCUT2D eigenvalue weighted by molar-refractivity contribution is -0.130. The van der Waals surface area contributed by atoms with Gasteiger partial charge in [0.1, 0.15) is 6.04 Å². The topological polar surface area (TPSA) is 97.6 Å². The van der Waals surface area contributed by atoms with Gasteiger partial charge in [0.25, 0.3) is 5.89 Å². The molecular weight excluding hydrogens is 356 g/mol. The van der Waals surface area contributed by atoms with Crippen LogP contribution >= 0.6 is 11.8 Å². The Morgan fingerprint density at radius 1 is 1.31 bits per heavy atom. The number of carbonyl (C=O) groups excluding carboxylic acids is 2. The molecule has 1 N–H and O–H groups in total. The van der Waals surface area contributed by atoms with Crippen molar-refractivity contribution in [3.05, 3.63) is 11.8 Å². The maximum atomic E-state index is 12.8. The standard InChI is InChI=1S/C17H28N4O4S/c1-16(2,3)15-20-19-14(25-15)13(23)11-8-26-10-21(11)12(22)7-18-17(4,5)9-24-6/h11,18H,7-10H2,1-6H3. The van der Waals surface area contributed by atoms with Gasteiger partial charge in [0, 0.05) is 23.8 Å². The van der Waals surface area contributed by atoms with Gasteiger partial charge < -0.3 is 19.4 Å². The largest absolute Gasteiger partial charge is 0.418 e. The first-order chi connectivity index (χ1) is 12.0. The highest BCUT2D eigenvalue weighted by molar-refractivity contribution is 7.99. The number of hydrogen-bond acceptors (Lipinski definition) is 8. The van der Waals surface area contributed by atoms with Gasteiger partial charge in [0.05, 0.1) is 19.0 Å². The minimum atomic E-state index is -0.576. The summed E-state index contributed by atoms with van der Waals surface area (Å²) in [5.74, 6) is 0.942. The number of Topliss-reactive ketones (excluding diaryl/α,β-unsaturated/α-hetero) is 1. The lowest BCUT2D eigenvalue weighted by Crippen LogP contribution is -2.51. The highest BCUT2D eigenvalue weighted by Gasteiger charge is 2.38. The van der Waals surface area contributed by atoms with E-state index in [4.69, 9.17) is 9.15 Å². The zero-order valence-electron chi connectivity index (χ0n) is 16.3. The second kappa shape index (κ2) is 8.06. The molecule has 0 saturated carbocycles. The molecule has 2 rings (SSSR count). The molecular formula is C17H28N4O4S. The average molecular weight is 385 g/mol. The van der Waals surface area contributed by atoms with E-state index < -0.39 is 6.04 Å². The molecule has 1 aromatic heterocycles. The van der Waals surface area contributed by atoms with Gasteiger partial charge in [-0.25, -0.2) is 0 Å². The van der Waals surface area contributed by atoms with Crippen LogP contribution in [0.2, 0.25) is 0 Å². The average Bonchev–Trinajstić information content (AvgIpc) is 3.20. The third-order valence-electron chi connectivity index (χ3n) is 4.01. The molecule has 1 fully saturated rings. The lowest BCUT2D eigenvalue weighted by Gasteiger charge is -2.27. The number of ether oxygens (including phenoxy) is 1. The van der Waals surface area contributed by atoms with E-state index >= 15 is 0 Å². The van der Waals surface area contributed by atoms with Gasteiger partial charge in [-0.05, 0) is 13.8 Å². The Morgan fingerprint density at radius 2 is 2.00 bits per heavy atom. The van der Waals surface area contributed by atoms with Crippen LogP contribution in [0.15, 0.2) is 4.42 Å². The number of nitrogens with zero attached hydrogens (tertiary/aromatic N) is 3. The van der Waals surface area contributed by atoms with E-state index in [0.29, 0.717) is 24.1 Å². The predicted molar refractivity (Wildman–Crippen MR) is 99.2 cm³/mol. The number of ketones is 1. The molecule has 26 heavy (non-hydrogen) atoms. The van der Waals surface area contributed by atoms with Crippen LogP contribution in [-0.2, 0) is 14.9 Å². The maximum Gasteiger partial charge on any atom is 0.286 e. The molecule has 1 saturated heterocycles. The van der Waals surface area contributed by atoms with Gasteiger partial charge in [0.2, 0.25) is 17.6 Å². The van der Waals surface area contributed by atoms with Crippen LogP contribution in [-0.4, -0.2) is 70.3 Å². The molecule has 0 bridgehead atoms. The number of carbonyl (C=O) groups is 2. The SMILES string of the molecule is COCC(C)(C)NCC(=O)N1CSCC1C(=O)c1nnc(C(C)(C)C)o1. The fraction of sp³-hybridized carbons (Fsp3) is 0.765. The molecule has 0 radical (unpaired) electrons. The number of rotatable bonds is 7. The normalized spacial score (nSPS) is 18.4. The number of nitrogens with one attached hydrogen (secondary N) is 1. The van der Waals surface area contributed by atoms with Crippen molar-refractivity contribution in [2.75, 3.05) is 31.9 Å². The quantitative estimate of drug-likeness (QED) is 0.706. The first-order valence-electron chi connectivity index (χ1n) is 8.54. The molecule has 9 heteroatoms. The Hall–Kier alpha value is -1.45. The summed E-state index contributed by atoms with van der Waals surface area (Å²) in [5.41, 5.74) is -0.660. The smallest absolute Gasteiger partial charge is 0.286 e. The van der Waals surface area contributed by atoms with Crippen molar-refractivity contribution in [1.29, 1.82) is 0 Å². The third-order valence-corrected chi connectivity index (χ3v) is 5.02. The molecule has 0 aromatic carbocycles. The molecule has 1 atom stereocenters. The van der Waals surface area contributed by atoms with E-state index in [0.717, 1.165) is 0 Å². The lowest BCUT2D eigenvalue weighted by atomic mass is 9.97. The number of methoxy groups -OCH3 is 1. The molecule has 1 aromatic rings. The minimum absolute atomic E-state index is 0.0344. The van der Waals surface area contributed by atoms with Crippen molar-refractivity contribution >= 4 is 23.5 Å². The molecule has 8 nitrogen and oxygen atoms in total. The molecule has 0 spiro atoms. The molecule has 1 aliphatic rings. The third kappa shape index (κ3) is 5.05. The number of amides is 1. The van der Waals surface area contributed by atoms with Crippen LogP contribution in [0.4, 0.5) is 0 Å². The molecule has 2 heterocycles. The van der Waals surface area contributed by atoms with Gasteiger partial charge in [-0.15, -0.1) is 22.0 Å². The number of thioether (sulfide) groups is 1. The number of aromatic nitrogens is 2.